The van der Waals surface area contributed by atoms with E-state index in [1.807, 2.05) is 12.1 Å². The molecule has 1 aliphatic heterocycles. The van der Waals surface area contributed by atoms with E-state index in [0.717, 1.165) is 44.1 Å². The summed E-state index contributed by atoms with van der Waals surface area (Å²) in [6.45, 7) is 1.68. The molecule has 0 atom stereocenters. The number of fused-ring (bicyclic) bond motifs is 1. The number of aliphatic imine (C=N–C) groups is 1. The van der Waals surface area contributed by atoms with Gasteiger partial charge in [-0.25, -0.2) is 0 Å². The molecule has 6 heteroatoms. The zero-order valence-electron chi connectivity index (χ0n) is 9.59. The van der Waals surface area contributed by atoms with Gasteiger partial charge in [-0.3, -0.25) is 4.99 Å². The summed E-state index contributed by atoms with van der Waals surface area (Å²) in [5.74, 6) is 1.68. The van der Waals surface area contributed by atoms with E-state index in [1.165, 1.54) is 0 Å². The monoisotopic (exact) mass is 344 g/mol. The maximum absolute atomic E-state index is 6.48. The Balaban J connectivity index is 2.30. The Hall–Kier alpha value is -0.780. The van der Waals surface area contributed by atoms with Gasteiger partial charge in [-0.15, -0.1) is 11.3 Å². The van der Waals surface area contributed by atoms with Crippen molar-refractivity contribution in [1.29, 1.82) is 0 Å². The second-order valence-corrected chi connectivity index (χ2v) is 6.11. The Bertz CT molecular complexity index is 653. The maximum atomic E-state index is 6.48. The lowest BCUT2D eigenvalue weighted by atomic mass is 10.2. The minimum Gasteiger partial charge on any atom is -0.496 e. The summed E-state index contributed by atoms with van der Waals surface area (Å²) in [5, 5.41) is 4.91. The van der Waals surface area contributed by atoms with Crippen LogP contribution in [-0.4, -0.2) is 26.0 Å². The van der Waals surface area contributed by atoms with Crippen LogP contribution < -0.4 is 10.1 Å². The number of nitrogens with zero attached hydrogens (tertiary/aromatic N) is 1. The van der Waals surface area contributed by atoms with Gasteiger partial charge in [-0.2, -0.15) is 0 Å². The first-order valence-electron chi connectivity index (χ1n) is 5.45. The number of hydrogen-bond donors (Lipinski definition) is 1. The van der Waals surface area contributed by atoms with Crippen LogP contribution in [0.3, 0.4) is 0 Å². The van der Waals surface area contributed by atoms with Gasteiger partial charge < -0.3 is 10.1 Å². The first-order chi connectivity index (χ1) is 8.72. The van der Waals surface area contributed by atoms with Gasteiger partial charge in [-0.05, 0) is 28.1 Å². The molecule has 18 heavy (non-hydrogen) atoms. The lowest BCUT2D eigenvalue weighted by Gasteiger charge is -2.03. The molecule has 3 nitrogen and oxygen atoms in total. The van der Waals surface area contributed by atoms with Crippen molar-refractivity contribution in [2.75, 3.05) is 20.2 Å². The van der Waals surface area contributed by atoms with Gasteiger partial charge in [0, 0.05) is 11.0 Å². The first kappa shape index (κ1) is 12.3. The van der Waals surface area contributed by atoms with E-state index in [9.17, 15) is 0 Å². The number of thiophene rings is 1. The van der Waals surface area contributed by atoms with Crippen molar-refractivity contribution in [3.63, 3.8) is 0 Å². The van der Waals surface area contributed by atoms with Crippen molar-refractivity contribution >= 4 is 54.8 Å². The number of amidine groups is 1. The number of methoxy groups -OCH3 is 1. The van der Waals surface area contributed by atoms with Crippen molar-refractivity contribution in [1.82, 2.24) is 5.32 Å². The molecule has 0 radical (unpaired) electrons. The number of hydrogen-bond acceptors (Lipinski definition) is 4. The van der Waals surface area contributed by atoms with Crippen molar-refractivity contribution in [2.24, 2.45) is 4.99 Å². The van der Waals surface area contributed by atoms with E-state index in [-0.39, 0.29) is 0 Å². The average molecular weight is 346 g/mol. The highest BCUT2D eigenvalue weighted by Gasteiger charge is 2.21. The Morgan fingerprint density at radius 3 is 3.00 bits per heavy atom. The minimum atomic E-state index is 0.710. The van der Waals surface area contributed by atoms with Crippen LogP contribution in [-0.2, 0) is 0 Å². The predicted molar refractivity (Wildman–Crippen MR) is 80.5 cm³/mol. The van der Waals surface area contributed by atoms with Crippen LogP contribution in [0.4, 0.5) is 0 Å². The second-order valence-electron chi connectivity index (χ2n) is 3.86. The van der Waals surface area contributed by atoms with Gasteiger partial charge >= 0.3 is 0 Å². The summed E-state index contributed by atoms with van der Waals surface area (Å²) in [6.07, 6.45) is 0. The fraction of sp³-hybridized carbons (Fsp3) is 0.250. The second kappa shape index (κ2) is 4.72. The average Bonchev–Trinajstić information content (AvgIpc) is 2.99. The molecule has 2 aromatic rings. The molecular weight excluding hydrogens is 336 g/mol. The molecular formula is C12H10BrClN2OS. The summed E-state index contributed by atoms with van der Waals surface area (Å²) in [5.41, 5.74) is 0. The van der Waals surface area contributed by atoms with E-state index in [0.29, 0.717) is 5.02 Å². The largest absolute Gasteiger partial charge is 0.496 e. The Morgan fingerprint density at radius 2 is 2.33 bits per heavy atom. The first-order valence-corrected chi connectivity index (χ1v) is 7.44. The molecule has 0 fully saturated rings. The molecule has 0 amide bonds. The van der Waals surface area contributed by atoms with Gasteiger partial charge in [0.25, 0.3) is 0 Å². The van der Waals surface area contributed by atoms with Crippen LogP contribution in [0.1, 0.15) is 4.88 Å². The third-order valence-electron chi connectivity index (χ3n) is 2.80. The normalized spacial score (nSPS) is 14.7. The number of benzene rings is 1. The van der Waals surface area contributed by atoms with Gasteiger partial charge in [0.15, 0.2) is 0 Å². The number of nitrogens with one attached hydrogen (secondary N) is 1. The zero-order chi connectivity index (χ0) is 12.7. The van der Waals surface area contributed by atoms with Crippen molar-refractivity contribution < 1.29 is 4.74 Å². The molecule has 1 N–H and O–H groups in total. The van der Waals surface area contributed by atoms with E-state index in [1.54, 1.807) is 18.4 Å². The van der Waals surface area contributed by atoms with Crippen LogP contribution in [0.5, 0.6) is 5.75 Å². The summed E-state index contributed by atoms with van der Waals surface area (Å²) in [4.78, 5) is 5.40. The van der Waals surface area contributed by atoms with E-state index < -0.39 is 0 Å². The standard InChI is InChI=1S/C12H10BrClN2OS/c1-17-7-3-2-6(13)10-8(7)9(14)11(18-10)12-15-4-5-16-12/h2-3H,4-5H2,1H3,(H,15,16). The molecule has 0 unspecified atom stereocenters. The van der Waals surface area contributed by atoms with Crippen LogP contribution in [0.15, 0.2) is 21.6 Å². The molecule has 0 bridgehead atoms. The van der Waals surface area contributed by atoms with Crippen LogP contribution in [0.2, 0.25) is 5.02 Å². The highest BCUT2D eigenvalue weighted by molar-refractivity contribution is 9.10. The van der Waals surface area contributed by atoms with Crippen LogP contribution in [0, 0.1) is 0 Å². The molecule has 1 aromatic carbocycles. The molecule has 0 saturated carbocycles. The smallest absolute Gasteiger partial charge is 0.140 e. The molecule has 1 aromatic heterocycles. The van der Waals surface area contributed by atoms with Gasteiger partial charge in [-0.1, -0.05) is 11.6 Å². The topological polar surface area (TPSA) is 33.6 Å². The quantitative estimate of drug-likeness (QED) is 0.901. The fourth-order valence-corrected chi connectivity index (χ4v) is 4.10. The van der Waals surface area contributed by atoms with Crippen molar-refractivity contribution in [2.45, 2.75) is 0 Å². The van der Waals surface area contributed by atoms with E-state index in [4.69, 9.17) is 16.3 Å². The number of ether oxygens (including phenoxy) is 1. The molecule has 0 saturated heterocycles. The maximum Gasteiger partial charge on any atom is 0.140 e. The van der Waals surface area contributed by atoms with E-state index in [2.05, 4.69) is 26.2 Å². The van der Waals surface area contributed by atoms with Crippen LogP contribution >= 0.6 is 38.9 Å². The van der Waals surface area contributed by atoms with Crippen molar-refractivity contribution in [3.05, 3.63) is 26.5 Å². The summed E-state index contributed by atoms with van der Waals surface area (Å²) < 4.78 is 7.49. The Labute approximate surface area is 122 Å². The number of halogens is 2. The van der Waals surface area contributed by atoms with Gasteiger partial charge in [0.2, 0.25) is 0 Å². The van der Waals surface area contributed by atoms with Crippen molar-refractivity contribution in [3.8, 4) is 5.75 Å². The lowest BCUT2D eigenvalue weighted by molar-refractivity contribution is 0.420. The Morgan fingerprint density at radius 1 is 1.50 bits per heavy atom. The highest BCUT2D eigenvalue weighted by atomic mass is 79.9. The fourth-order valence-electron chi connectivity index (χ4n) is 1.98. The summed E-state index contributed by atoms with van der Waals surface area (Å²) >= 11 is 11.7. The molecule has 1 aliphatic rings. The Kier molecular flexibility index (Phi) is 3.21. The molecule has 2 heterocycles. The molecule has 0 spiro atoms. The molecule has 0 aliphatic carbocycles. The molecule has 3 rings (SSSR count). The summed E-state index contributed by atoms with van der Waals surface area (Å²) in [6, 6.07) is 3.89. The van der Waals surface area contributed by atoms with Crippen LogP contribution in [0.25, 0.3) is 10.1 Å². The third kappa shape index (κ3) is 1.81. The predicted octanol–water partition coefficient (Wildman–Crippen LogP) is 3.68. The SMILES string of the molecule is COc1ccc(Br)c2sc(C3=NCCN3)c(Cl)c12. The van der Waals surface area contributed by atoms with Gasteiger partial charge in [0.05, 0.1) is 33.6 Å². The lowest BCUT2D eigenvalue weighted by Crippen LogP contribution is -2.18. The zero-order valence-corrected chi connectivity index (χ0v) is 12.7. The van der Waals surface area contributed by atoms with E-state index >= 15 is 0 Å². The summed E-state index contributed by atoms with van der Waals surface area (Å²) in [7, 11) is 1.65. The number of rotatable bonds is 2. The highest BCUT2D eigenvalue weighted by Crippen LogP contribution is 2.44. The third-order valence-corrected chi connectivity index (χ3v) is 5.45. The minimum absolute atomic E-state index is 0.710. The van der Waals surface area contributed by atoms with Gasteiger partial charge in [0.1, 0.15) is 11.6 Å². The molecule has 94 valence electrons.